The molecule has 94 valence electrons. The van der Waals surface area contributed by atoms with E-state index in [2.05, 4.69) is 6.92 Å². The van der Waals surface area contributed by atoms with Crippen LogP contribution >= 0.6 is 11.6 Å². The fraction of sp³-hybridized carbons (Fsp3) is 0.500. The number of phenols is 1. The van der Waals surface area contributed by atoms with E-state index >= 15 is 0 Å². The number of halogens is 1. The van der Waals surface area contributed by atoms with Gasteiger partial charge in [0.25, 0.3) is 0 Å². The lowest BCUT2D eigenvalue weighted by atomic mass is 10.0. The van der Waals surface area contributed by atoms with Gasteiger partial charge in [0, 0.05) is 17.4 Å². The van der Waals surface area contributed by atoms with Gasteiger partial charge in [-0.2, -0.15) is 0 Å². The Morgan fingerprint density at radius 3 is 2.53 bits per heavy atom. The Labute approximate surface area is 108 Å². The van der Waals surface area contributed by atoms with Crippen molar-refractivity contribution in [2.75, 3.05) is 0 Å². The van der Waals surface area contributed by atoms with Crippen LogP contribution in [0, 0.1) is 0 Å². The van der Waals surface area contributed by atoms with Crippen LogP contribution in [-0.4, -0.2) is 16.3 Å². The van der Waals surface area contributed by atoms with Crippen LogP contribution in [0.5, 0.6) is 5.75 Å². The van der Waals surface area contributed by atoms with Gasteiger partial charge in [-0.15, -0.1) is 11.6 Å². The van der Waals surface area contributed by atoms with Gasteiger partial charge in [0.15, 0.2) is 5.78 Å². The Kier molecular flexibility index (Phi) is 6.06. The molecule has 0 heterocycles. The summed E-state index contributed by atoms with van der Waals surface area (Å²) in [5.74, 6) is 0.216. The van der Waals surface area contributed by atoms with Gasteiger partial charge < -0.3 is 5.11 Å². The minimum atomic E-state index is -0.0807. The number of aromatic hydroxyl groups is 1. The highest BCUT2D eigenvalue weighted by Gasteiger charge is 2.12. The number of carbonyl (C=O) groups is 1. The molecular formula is C14H19ClO2. The van der Waals surface area contributed by atoms with Crippen LogP contribution in [0.15, 0.2) is 24.3 Å². The van der Waals surface area contributed by atoms with Crippen molar-refractivity contribution in [1.29, 1.82) is 0 Å². The van der Waals surface area contributed by atoms with Crippen LogP contribution in [0.1, 0.15) is 49.4 Å². The first-order chi connectivity index (χ1) is 8.13. The zero-order chi connectivity index (χ0) is 12.7. The summed E-state index contributed by atoms with van der Waals surface area (Å²) in [4.78, 5) is 11.8. The maximum Gasteiger partial charge on any atom is 0.164 e. The first kappa shape index (κ1) is 14.0. The molecule has 0 radical (unpaired) electrons. The molecule has 1 rings (SSSR count). The molecule has 0 aromatic heterocycles. The van der Waals surface area contributed by atoms with Gasteiger partial charge in [0.05, 0.1) is 0 Å². The van der Waals surface area contributed by atoms with Crippen molar-refractivity contribution in [3.63, 3.8) is 0 Å². The van der Waals surface area contributed by atoms with Gasteiger partial charge in [0.1, 0.15) is 5.75 Å². The van der Waals surface area contributed by atoms with Gasteiger partial charge in [-0.3, -0.25) is 4.79 Å². The lowest BCUT2D eigenvalue weighted by Gasteiger charge is -2.08. The third-order valence-corrected chi connectivity index (χ3v) is 3.09. The third kappa shape index (κ3) is 5.22. The van der Waals surface area contributed by atoms with Crippen molar-refractivity contribution in [1.82, 2.24) is 0 Å². The van der Waals surface area contributed by atoms with Gasteiger partial charge in [0.2, 0.25) is 0 Å². The Bertz CT molecular complexity index is 346. The molecule has 0 aliphatic rings. The van der Waals surface area contributed by atoms with E-state index in [4.69, 9.17) is 16.7 Å². The Morgan fingerprint density at radius 1 is 1.29 bits per heavy atom. The molecule has 17 heavy (non-hydrogen) atoms. The lowest BCUT2D eigenvalue weighted by molar-refractivity contribution is 0.0980. The second-order valence-corrected chi connectivity index (χ2v) is 4.88. The average Bonchev–Trinajstić information content (AvgIpc) is 2.30. The predicted molar refractivity (Wildman–Crippen MR) is 70.8 cm³/mol. The SMILES string of the molecule is CCCCCC(Cl)CC(=O)c1ccc(O)cc1. The van der Waals surface area contributed by atoms with E-state index in [0.29, 0.717) is 12.0 Å². The van der Waals surface area contributed by atoms with Crippen LogP contribution in [0.2, 0.25) is 0 Å². The maximum atomic E-state index is 11.8. The summed E-state index contributed by atoms with van der Waals surface area (Å²) >= 11 is 6.12. The summed E-state index contributed by atoms with van der Waals surface area (Å²) in [6, 6.07) is 6.31. The minimum absolute atomic E-state index is 0.0431. The Balaban J connectivity index is 2.40. The average molecular weight is 255 g/mol. The molecule has 0 saturated carbocycles. The van der Waals surface area contributed by atoms with Gasteiger partial charge in [-0.1, -0.05) is 26.2 Å². The first-order valence-electron chi connectivity index (χ1n) is 6.09. The lowest BCUT2D eigenvalue weighted by Crippen LogP contribution is -2.08. The number of alkyl halides is 1. The first-order valence-corrected chi connectivity index (χ1v) is 6.53. The fourth-order valence-corrected chi connectivity index (χ4v) is 1.98. The number of carbonyl (C=O) groups excluding carboxylic acids is 1. The molecule has 0 aliphatic heterocycles. The molecule has 0 spiro atoms. The molecule has 1 atom stereocenters. The highest BCUT2D eigenvalue weighted by molar-refractivity contribution is 6.22. The zero-order valence-corrected chi connectivity index (χ0v) is 10.9. The van der Waals surface area contributed by atoms with E-state index in [1.165, 1.54) is 12.1 Å². The number of phenolic OH excluding ortho intramolecular Hbond substituents is 1. The Morgan fingerprint density at radius 2 is 1.94 bits per heavy atom. The summed E-state index contributed by atoms with van der Waals surface area (Å²) in [6.07, 6.45) is 4.66. The standard InChI is InChI=1S/C14H19ClO2/c1-2-3-4-5-12(15)10-14(17)11-6-8-13(16)9-7-11/h6-9,12,16H,2-5,10H2,1H3. The summed E-state index contributed by atoms with van der Waals surface area (Å²) in [5.41, 5.74) is 0.615. The zero-order valence-electron chi connectivity index (χ0n) is 10.2. The van der Waals surface area contributed by atoms with Crippen molar-refractivity contribution in [2.24, 2.45) is 0 Å². The second kappa shape index (κ2) is 7.33. The molecule has 1 unspecified atom stereocenters. The smallest absolute Gasteiger partial charge is 0.164 e. The maximum absolute atomic E-state index is 11.8. The van der Waals surface area contributed by atoms with Crippen molar-refractivity contribution in [3.05, 3.63) is 29.8 Å². The summed E-state index contributed by atoms with van der Waals surface area (Å²) in [5, 5.41) is 9.05. The minimum Gasteiger partial charge on any atom is -0.508 e. The van der Waals surface area contributed by atoms with E-state index in [1.54, 1.807) is 12.1 Å². The molecule has 3 heteroatoms. The number of rotatable bonds is 7. The second-order valence-electron chi connectivity index (χ2n) is 4.27. The normalized spacial score (nSPS) is 12.4. The van der Waals surface area contributed by atoms with E-state index in [0.717, 1.165) is 25.7 Å². The molecule has 2 nitrogen and oxygen atoms in total. The van der Waals surface area contributed by atoms with Crippen molar-refractivity contribution < 1.29 is 9.90 Å². The molecule has 0 amide bonds. The number of Topliss-reactive ketones (excluding diaryl/α,β-unsaturated/α-hetero) is 1. The third-order valence-electron chi connectivity index (χ3n) is 2.72. The summed E-state index contributed by atoms with van der Waals surface area (Å²) in [6.45, 7) is 2.14. The molecule has 0 fully saturated rings. The molecule has 1 N–H and O–H groups in total. The molecular weight excluding hydrogens is 236 g/mol. The summed E-state index contributed by atoms with van der Waals surface area (Å²) in [7, 11) is 0. The van der Waals surface area contributed by atoms with Crippen LogP contribution in [0.3, 0.4) is 0 Å². The number of hydrogen-bond acceptors (Lipinski definition) is 2. The molecule has 0 bridgehead atoms. The number of unbranched alkanes of at least 4 members (excludes halogenated alkanes) is 2. The van der Waals surface area contributed by atoms with Crippen LogP contribution < -0.4 is 0 Å². The highest BCUT2D eigenvalue weighted by atomic mass is 35.5. The van der Waals surface area contributed by atoms with Crippen molar-refractivity contribution >= 4 is 17.4 Å². The highest BCUT2D eigenvalue weighted by Crippen LogP contribution is 2.17. The van der Waals surface area contributed by atoms with Gasteiger partial charge in [-0.25, -0.2) is 0 Å². The molecule has 0 saturated heterocycles. The van der Waals surface area contributed by atoms with Crippen LogP contribution in [0.25, 0.3) is 0 Å². The van der Waals surface area contributed by atoms with Crippen LogP contribution in [-0.2, 0) is 0 Å². The van der Waals surface area contributed by atoms with E-state index in [9.17, 15) is 4.79 Å². The predicted octanol–water partition coefficient (Wildman–Crippen LogP) is 4.15. The molecule has 1 aromatic carbocycles. The van der Waals surface area contributed by atoms with Crippen molar-refractivity contribution in [2.45, 2.75) is 44.4 Å². The number of hydrogen-bond donors (Lipinski definition) is 1. The largest absolute Gasteiger partial charge is 0.508 e. The quantitative estimate of drug-likeness (QED) is 0.451. The Hall–Kier alpha value is -1.02. The summed E-state index contributed by atoms with van der Waals surface area (Å²) < 4.78 is 0. The van der Waals surface area contributed by atoms with Gasteiger partial charge in [-0.05, 0) is 30.7 Å². The monoisotopic (exact) mass is 254 g/mol. The van der Waals surface area contributed by atoms with E-state index < -0.39 is 0 Å². The van der Waals surface area contributed by atoms with Crippen LogP contribution in [0.4, 0.5) is 0 Å². The van der Waals surface area contributed by atoms with E-state index in [-0.39, 0.29) is 16.9 Å². The number of ketones is 1. The molecule has 1 aromatic rings. The topological polar surface area (TPSA) is 37.3 Å². The van der Waals surface area contributed by atoms with Crippen molar-refractivity contribution in [3.8, 4) is 5.75 Å². The number of benzene rings is 1. The van der Waals surface area contributed by atoms with Gasteiger partial charge >= 0.3 is 0 Å². The fourth-order valence-electron chi connectivity index (χ4n) is 1.68. The van der Waals surface area contributed by atoms with E-state index in [1.807, 2.05) is 0 Å². The molecule has 0 aliphatic carbocycles.